The average Bonchev–Trinajstić information content (AvgIpc) is 3.12. The van der Waals surface area contributed by atoms with E-state index in [9.17, 15) is 10.2 Å². The van der Waals surface area contributed by atoms with Crippen molar-refractivity contribution in [3.63, 3.8) is 0 Å². The smallest absolute Gasteiger partial charge is 0.0809 e. The summed E-state index contributed by atoms with van der Waals surface area (Å²) in [6.45, 7) is 14.1. The zero-order chi connectivity index (χ0) is 22.0. The minimum Gasteiger partial charge on any atom is -0.388 e. The molecule has 0 spiro atoms. The molecule has 1 unspecified atom stereocenters. The van der Waals surface area contributed by atoms with Crippen molar-refractivity contribution >= 4 is 0 Å². The van der Waals surface area contributed by atoms with Gasteiger partial charge in [0.05, 0.1) is 25.4 Å². The summed E-state index contributed by atoms with van der Waals surface area (Å²) >= 11 is 0. The Bertz CT molecular complexity index is 691. The van der Waals surface area contributed by atoms with Crippen LogP contribution >= 0.6 is 0 Å². The van der Waals surface area contributed by atoms with E-state index in [4.69, 9.17) is 4.74 Å². The molecule has 3 aliphatic carbocycles. The van der Waals surface area contributed by atoms with E-state index >= 15 is 0 Å². The first-order chi connectivity index (χ1) is 14.9. The fraction of sp³-hybridized carbons (Fsp3) is 0.778. The molecule has 0 aromatic carbocycles. The van der Waals surface area contributed by atoms with Crippen molar-refractivity contribution in [1.29, 1.82) is 0 Å². The predicted octanol–water partition coefficient (Wildman–Crippen LogP) is 4.49. The van der Waals surface area contributed by atoms with Crippen LogP contribution in [0.1, 0.15) is 65.2 Å². The molecule has 4 fully saturated rings. The molecular weight excluding hydrogens is 386 g/mol. The molecular formula is C27H43NO3. The van der Waals surface area contributed by atoms with Crippen LogP contribution in [0.2, 0.25) is 0 Å². The molecule has 4 heteroatoms. The zero-order valence-electron chi connectivity index (χ0n) is 19.7. The van der Waals surface area contributed by atoms with Crippen LogP contribution in [0.15, 0.2) is 35.5 Å². The molecule has 4 rings (SSSR count). The topological polar surface area (TPSA) is 52.9 Å². The van der Waals surface area contributed by atoms with E-state index in [1.54, 1.807) is 5.57 Å². The van der Waals surface area contributed by atoms with Gasteiger partial charge < -0.3 is 14.9 Å². The van der Waals surface area contributed by atoms with Gasteiger partial charge in [-0.1, -0.05) is 43.7 Å². The molecule has 0 bridgehead atoms. The Kier molecular flexibility index (Phi) is 7.42. The van der Waals surface area contributed by atoms with Gasteiger partial charge in [-0.15, -0.1) is 0 Å². The molecule has 0 radical (unpaired) electrons. The number of fused-ring (bicyclic) bond motifs is 1. The van der Waals surface area contributed by atoms with Crippen LogP contribution in [-0.4, -0.2) is 60.2 Å². The van der Waals surface area contributed by atoms with Crippen molar-refractivity contribution in [2.24, 2.45) is 23.2 Å². The maximum atomic E-state index is 10.2. The first-order valence-electron chi connectivity index (χ1n) is 12.6. The van der Waals surface area contributed by atoms with E-state index in [0.29, 0.717) is 29.7 Å². The number of allylic oxidation sites excluding steroid dienone is 3. The summed E-state index contributed by atoms with van der Waals surface area (Å²) in [6.07, 6.45) is 12.4. The standard InChI is InChI=1S/C27H43NO3/c1-19(10-12-28-13-15-31-16-14-28)23-8-9-24-22(5-4-11-27(23,24)3)7-6-21-17-25(29)20(2)26(30)18-21/h6-7,19,23-26,29-30H,2,4-5,8-18H2,1,3H3/b22-7+/t19?,23-,24+,25-,26-,27-/m1/s1. The minimum atomic E-state index is -0.604. The van der Waals surface area contributed by atoms with Crippen molar-refractivity contribution in [2.45, 2.75) is 77.4 Å². The van der Waals surface area contributed by atoms with Gasteiger partial charge in [-0.05, 0) is 86.7 Å². The largest absolute Gasteiger partial charge is 0.388 e. The SMILES string of the molecule is C=C1[C@H](O)CC(=C/C=C2\CCC[C@]3(C)[C@@H](C(C)CCN4CCOCC4)CC[C@@H]23)C[C@H]1O. The number of aliphatic hydroxyl groups excluding tert-OH is 2. The van der Waals surface area contributed by atoms with Gasteiger partial charge in [-0.3, -0.25) is 4.90 Å². The van der Waals surface area contributed by atoms with E-state index in [-0.39, 0.29) is 0 Å². The second-order valence-corrected chi connectivity index (χ2v) is 10.9. The van der Waals surface area contributed by atoms with E-state index in [1.807, 2.05) is 0 Å². The van der Waals surface area contributed by atoms with Crippen LogP contribution in [0.4, 0.5) is 0 Å². The highest BCUT2D eigenvalue weighted by Gasteiger charge is 2.50. The monoisotopic (exact) mass is 429 g/mol. The highest BCUT2D eigenvalue weighted by Crippen LogP contribution is 2.59. The van der Waals surface area contributed by atoms with Crippen molar-refractivity contribution in [3.8, 4) is 0 Å². The molecule has 0 aromatic heterocycles. The molecule has 6 atom stereocenters. The Morgan fingerprint density at radius 2 is 1.87 bits per heavy atom. The van der Waals surface area contributed by atoms with Gasteiger partial charge in [0.25, 0.3) is 0 Å². The molecule has 0 aromatic rings. The summed E-state index contributed by atoms with van der Waals surface area (Å²) in [5.74, 6) is 2.28. The van der Waals surface area contributed by atoms with Crippen molar-refractivity contribution in [2.75, 3.05) is 32.8 Å². The molecule has 2 N–H and O–H groups in total. The number of rotatable bonds is 5. The third kappa shape index (κ3) is 5.03. The number of aliphatic hydroxyl groups is 2. The molecule has 4 nitrogen and oxygen atoms in total. The van der Waals surface area contributed by atoms with Gasteiger partial charge in [0.15, 0.2) is 0 Å². The molecule has 1 aliphatic heterocycles. The highest BCUT2D eigenvalue weighted by atomic mass is 16.5. The lowest BCUT2D eigenvalue weighted by Gasteiger charge is -2.44. The number of hydrogen-bond donors (Lipinski definition) is 2. The quantitative estimate of drug-likeness (QED) is 0.633. The third-order valence-corrected chi connectivity index (χ3v) is 9.03. The molecule has 1 heterocycles. The van der Waals surface area contributed by atoms with Gasteiger partial charge >= 0.3 is 0 Å². The van der Waals surface area contributed by atoms with Crippen LogP contribution in [0, 0.1) is 23.2 Å². The van der Waals surface area contributed by atoms with E-state index < -0.39 is 12.2 Å². The fourth-order valence-electron chi connectivity index (χ4n) is 7.05. The molecule has 1 saturated heterocycles. The predicted molar refractivity (Wildman–Crippen MR) is 126 cm³/mol. The summed E-state index contributed by atoms with van der Waals surface area (Å²) < 4.78 is 5.50. The van der Waals surface area contributed by atoms with Crippen molar-refractivity contribution in [1.82, 2.24) is 4.90 Å². The summed E-state index contributed by atoms with van der Waals surface area (Å²) in [6, 6.07) is 0. The van der Waals surface area contributed by atoms with E-state index in [2.05, 4.69) is 37.5 Å². The molecule has 174 valence electrons. The summed E-state index contributed by atoms with van der Waals surface area (Å²) in [5.41, 5.74) is 3.75. The van der Waals surface area contributed by atoms with Crippen LogP contribution < -0.4 is 0 Å². The lowest BCUT2D eigenvalue weighted by atomic mass is 9.61. The summed E-state index contributed by atoms with van der Waals surface area (Å²) in [4.78, 5) is 2.58. The van der Waals surface area contributed by atoms with Crippen molar-refractivity contribution < 1.29 is 14.9 Å². The molecule has 3 saturated carbocycles. The lowest BCUT2D eigenvalue weighted by Crippen LogP contribution is -2.39. The molecule has 31 heavy (non-hydrogen) atoms. The van der Waals surface area contributed by atoms with E-state index in [1.165, 1.54) is 45.1 Å². The van der Waals surface area contributed by atoms with E-state index in [0.717, 1.165) is 43.7 Å². The van der Waals surface area contributed by atoms with Gasteiger partial charge in [0, 0.05) is 13.1 Å². The van der Waals surface area contributed by atoms with Gasteiger partial charge in [-0.2, -0.15) is 0 Å². The van der Waals surface area contributed by atoms with Crippen LogP contribution in [0.5, 0.6) is 0 Å². The third-order valence-electron chi connectivity index (χ3n) is 9.03. The Balaban J connectivity index is 1.40. The summed E-state index contributed by atoms with van der Waals surface area (Å²) in [5, 5.41) is 20.3. The van der Waals surface area contributed by atoms with Crippen molar-refractivity contribution in [3.05, 3.63) is 35.5 Å². The number of ether oxygens (including phenoxy) is 1. The van der Waals surface area contributed by atoms with Gasteiger partial charge in [-0.25, -0.2) is 0 Å². The Morgan fingerprint density at radius 1 is 1.16 bits per heavy atom. The second-order valence-electron chi connectivity index (χ2n) is 10.9. The Labute approximate surface area is 189 Å². The van der Waals surface area contributed by atoms with Gasteiger partial charge in [0.1, 0.15) is 0 Å². The maximum Gasteiger partial charge on any atom is 0.0809 e. The number of morpholine rings is 1. The van der Waals surface area contributed by atoms with Crippen LogP contribution in [0.3, 0.4) is 0 Å². The molecule has 4 aliphatic rings. The highest BCUT2D eigenvalue weighted by molar-refractivity contribution is 5.29. The first-order valence-corrected chi connectivity index (χ1v) is 12.6. The van der Waals surface area contributed by atoms with Crippen LogP contribution in [0.25, 0.3) is 0 Å². The number of nitrogens with zero attached hydrogens (tertiary/aromatic N) is 1. The first kappa shape index (κ1) is 23.2. The molecule has 0 amide bonds. The zero-order valence-corrected chi connectivity index (χ0v) is 19.7. The maximum absolute atomic E-state index is 10.2. The minimum absolute atomic E-state index is 0.424. The Hall–Kier alpha value is -0.940. The normalized spacial score (nSPS) is 39.5. The number of hydrogen-bond acceptors (Lipinski definition) is 4. The second kappa shape index (κ2) is 9.91. The fourth-order valence-corrected chi connectivity index (χ4v) is 7.05. The lowest BCUT2D eigenvalue weighted by molar-refractivity contribution is 0.0299. The van der Waals surface area contributed by atoms with Crippen LogP contribution in [-0.2, 0) is 4.74 Å². The average molecular weight is 430 g/mol. The summed E-state index contributed by atoms with van der Waals surface area (Å²) in [7, 11) is 0. The van der Waals surface area contributed by atoms with Gasteiger partial charge in [0.2, 0.25) is 0 Å². The Morgan fingerprint density at radius 3 is 2.58 bits per heavy atom.